The van der Waals surface area contributed by atoms with Crippen molar-refractivity contribution < 1.29 is 9.59 Å². The van der Waals surface area contributed by atoms with Gasteiger partial charge in [-0.1, -0.05) is 23.7 Å². The molecule has 0 atom stereocenters. The number of nitrogens with zero attached hydrogens (tertiary/aromatic N) is 4. The first kappa shape index (κ1) is 17.1. The Bertz CT molecular complexity index is 816. The predicted molar refractivity (Wildman–Crippen MR) is 98.4 cm³/mol. The van der Waals surface area contributed by atoms with Crippen LogP contribution in [-0.2, 0) is 13.0 Å². The Morgan fingerprint density at radius 2 is 1.62 bits per heavy atom. The molecule has 6 nitrogen and oxygen atoms in total. The lowest BCUT2D eigenvalue weighted by Crippen LogP contribution is -2.50. The standard InChI is InChI=1S/C19H21ClN4O2/c20-16-7-2-1-6-15(16)18(25)22-9-11-23(12-10-22)19(26)17-13-14-5-3-4-8-24(14)21-17/h1-2,6-7,13H,3-5,8-12H2. The molecule has 0 spiro atoms. The zero-order valence-electron chi connectivity index (χ0n) is 14.5. The average molecular weight is 373 g/mol. The normalized spacial score (nSPS) is 17.1. The van der Waals surface area contributed by atoms with E-state index in [1.165, 1.54) is 0 Å². The van der Waals surface area contributed by atoms with Crippen molar-refractivity contribution in [1.82, 2.24) is 19.6 Å². The number of piperazine rings is 1. The van der Waals surface area contributed by atoms with E-state index in [1.54, 1.807) is 34.1 Å². The maximum absolute atomic E-state index is 12.7. The van der Waals surface area contributed by atoms with Gasteiger partial charge in [0.05, 0.1) is 10.6 Å². The highest BCUT2D eigenvalue weighted by Crippen LogP contribution is 2.20. The van der Waals surface area contributed by atoms with E-state index < -0.39 is 0 Å². The van der Waals surface area contributed by atoms with Crippen molar-refractivity contribution in [2.24, 2.45) is 0 Å². The summed E-state index contributed by atoms with van der Waals surface area (Å²) in [6.45, 7) is 2.92. The van der Waals surface area contributed by atoms with Crippen LogP contribution in [0.3, 0.4) is 0 Å². The van der Waals surface area contributed by atoms with Gasteiger partial charge in [0.1, 0.15) is 0 Å². The summed E-state index contributed by atoms with van der Waals surface area (Å²) in [6.07, 6.45) is 3.26. The van der Waals surface area contributed by atoms with E-state index in [2.05, 4.69) is 5.10 Å². The Hall–Kier alpha value is -2.34. The number of aromatic nitrogens is 2. The minimum Gasteiger partial charge on any atom is -0.335 e. The van der Waals surface area contributed by atoms with Crippen LogP contribution in [0, 0.1) is 0 Å². The first-order valence-corrected chi connectivity index (χ1v) is 9.41. The first-order chi connectivity index (χ1) is 12.6. The minimum absolute atomic E-state index is 0.0447. The van der Waals surface area contributed by atoms with Crippen molar-refractivity contribution in [3.05, 3.63) is 52.3 Å². The molecule has 1 fully saturated rings. The van der Waals surface area contributed by atoms with Gasteiger partial charge >= 0.3 is 0 Å². The smallest absolute Gasteiger partial charge is 0.274 e. The van der Waals surface area contributed by atoms with E-state index in [9.17, 15) is 9.59 Å². The van der Waals surface area contributed by atoms with Gasteiger partial charge in [0.2, 0.25) is 0 Å². The Labute approximate surface area is 157 Å². The van der Waals surface area contributed by atoms with Crippen LogP contribution in [0.25, 0.3) is 0 Å². The first-order valence-electron chi connectivity index (χ1n) is 9.03. The molecule has 0 N–H and O–H groups in total. The van der Waals surface area contributed by atoms with Gasteiger partial charge in [-0.15, -0.1) is 0 Å². The highest BCUT2D eigenvalue weighted by Gasteiger charge is 2.28. The molecule has 1 aromatic heterocycles. The Morgan fingerprint density at radius 3 is 2.31 bits per heavy atom. The Kier molecular flexibility index (Phi) is 4.68. The largest absolute Gasteiger partial charge is 0.335 e. The molecule has 4 rings (SSSR count). The van der Waals surface area contributed by atoms with Gasteiger partial charge in [-0.2, -0.15) is 5.10 Å². The molecule has 2 amide bonds. The van der Waals surface area contributed by atoms with Crippen molar-refractivity contribution in [3.8, 4) is 0 Å². The molecule has 0 unspecified atom stereocenters. The van der Waals surface area contributed by atoms with Gasteiger partial charge in [0.15, 0.2) is 5.69 Å². The van der Waals surface area contributed by atoms with Gasteiger partial charge in [-0.25, -0.2) is 0 Å². The molecule has 136 valence electrons. The maximum Gasteiger partial charge on any atom is 0.274 e. The summed E-state index contributed by atoms with van der Waals surface area (Å²) in [5, 5.41) is 4.92. The summed E-state index contributed by atoms with van der Waals surface area (Å²) in [4.78, 5) is 28.9. The van der Waals surface area contributed by atoms with Crippen LogP contribution in [-0.4, -0.2) is 57.6 Å². The van der Waals surface area contributed by atoms with E-state index in [-0.39, 0.29) is 11.8 Å². The highest BCUT2D eigenvalue weighted by molar-refractivity contribution is 6.33. The van der Waals surface area contributed by atoms with Gasteiger partial charge in [0, 0.05) is 38.4 Å². The molecule has 0 bridgehead atoms. The number of carbonyl (C=O) groups is 2. The summed E-state index contributed by atoms with van der Waals surface area (Å²) in [5.74, 6) is -0.128. The molecular weight excluding hydrogens is 352 g/mol. The van der Waals surface area contributed by atoms with Crippen LogP contribution >= 0.6 is 11.6 Å². The predicted octanol–water partition coefficient (Wildman–Crippen LogP) is 2.47. The monoisotopic (exact) mass is 372 g/mol. The number of hydrogen-bond donors (Lipinski definition) is 0. The van der Waals surface area contributed by atoms with E-state index in [4.69, 9.17) is 11.6 Å². The van der Waals surface area contributed by atoms with Crippen LogP contribution in [0.15, 0.2) is 30.3 Å². The summed E-state index contributed by atoms with van der Waals surface area (Å²) in [6, 6.07) is 8.98. The fourth-order valence-corrected chi connectivity index (χ4v) is 3.82. The van der Waals surface area contributed by atoms with Gasteiger partial charge in [0.25, 0.3) is 11.8 Å². The van der Waals surface area contributed by atoms with Crippen molar-refractivity contribution in [2.75, 3.05) is 26.2 Å². The van der Waals surface area contributed by atoms with Crippen molar-refractivity contribution in [3.63, 3.8) is 0 Å². The lowest BCUT2D eigenvalue weighted by Gasteiger charge is -2.34. The molecule has 0 radical (unpaired) electrons. The zero-order valence-corrected chi connectivity index (χ0v) is 15.3. The number of amides is 2. The second-order valence-electron chi connectivity index (χ2n) is 6.77. The summed E-state index contributed by atoms with van der Waals surface area (Å²) >= 11 is 6.12. The quantitative estimate of drug-likeness (QED) is 0.813. The number of aryl methyl sites for hydroxylation is 2. The molecule has 0 aliphatic carbocycles. The fourth-order valence-electron chi connectivity index (χ4n) is 3.60. The lowest BCUT2D eigenvalue weighted by molar-refractivity contribution is 0.0532. The average Bonchev–Trinajstić information content (AvgIpc) is 3.11. The third kappa shape index (κ3) is 3.21. The van der Waals surface area contributed by atoms with Gasteiger partial charge in [-0.3, -0.25) is 14.3 Å². The van der Waals surface area contributed by atoms with E-state index >= 15 is 0 Å². The van der Waals surface area contributed by atoms with Crippen molar-refractivity contribution >= 4 is 23.4 Å². The lowest BCUT2D eigenvalue weighted by atomic mass is 10.1. The second kappa shape index (κ2) is 7.11. The van der Waals surface area contributed by atoms with Gasteiger partial charge < -0.3 is 9.80 Å². The fraction of sp³-hybridized carbons (Fsp3) is 0.421. The topological polar surface area (TPSA) is 58.4 Å². The molecule has 7 heteroatoms. The molecule has 0 saturated carbocycles. The number of rotatable bonds is 2. The molecule has 1 saturated heterocycles. The minimum atomic E-state index is -0.0832. The van der Waals surface area contributed by atoms with Crippen LogP contribution in [0.4, 0.5) is 0 Å². The second-order valence-corrected chi connectivity index (χ2v) is 7.17. The number of carbonyl (C=O) groups excluding carboxylic acids is 2. The molecule has 1 aromatic carbocycles. The summed E-state index contributed by atoms with van der Waals surface area (Å²) in [7, 11) is 0. The Morgan fingerprint density at radius 1 is 0.923 bits per heavy atom. The van der Waals surface area contributed by atoms with E-state index in [0.29, 0.717) is 42.5 Å². The molecule has 2 aliphatic rings. The van der Waals surface area contributed by atoms with Crippen LogP contribution in [0.5, 0.6) is 0 Å². The van der Waals surface area contributed by atoms with Crippen LogP contribution in [0.2, 0.25) is 5.02 Å². The van der Waals surface area contributed by atoms with Crippen LogP contribution in [0.1, 0.15) is 39.4 Å². The van der Waals surface area contributed by atoms with E-state index in [1.807, 2.05) is 10.7 Å². The summed E-state index contributed by atoms with van der Waals surface area (Å²) in [5.41, 5.74) is 2.18. The SMILES string of the molecule is O=C(c1cc2n(n1)CCCC2)N1CCN(C(=O)c2ccccc2Cl)CC1. The third-order valence-corrected chi connectivity index (χ3v) is 5.42. The van der Waals surface area contributed by atoms with Crippen LogP contribution < -0.4 is 0 Å². The Balaban J connectivity index is 1.40. The van der Waals surface area contributed by atoms with Crippen molar-refractivity contribution in [2.45, 2.75) is 25.8 Å². The molecule has 2 aromatic rings. The number of fused-ring (bicyclic) bond motifs is 1. The van der Waals surface area contributed by atoms with Gasteiger partial charge in [-0.05, 0) is 37.5 Å². The molecule has 26 heavy (non-hydrogen) atoms. The number of hydrogen-bond acceptors (Lipinski definition) is 3. The maximum atomic E-state index is 12.7. The van der Waals surface area contributed by atoms with Crippen molar-refractivity contribution in [1.29, 1.82) is 0 Å². The third-order valence-electron chi connectivity index (χ3n) is 5.09. The zero-order chi connectivity index (χ0) is 18.1. The highest BCUT2D eigenvalue weighted by atomic mass is 35.5. The number of halogens is 1. The number of benzene rings is 1. The molecular formula is C19H21ClN4O2. The summed E-state index contributed by atoms with van der Waals surface area (Å²) < 4.78 is 1.95. The van der Waals surface area contributed by atoms with E-state index in [0.717, 1.165) is 31.5 Å². The molecule has 3 heterocycles. The molecule has 2 aliphatic heterocycles.